The number of hydrogen-bond donors (Lipinski definition) is 2. The molecule has 0 bridgehead atoms. The van der Waals surface area contributed by atoms with Crippen molar-refractivity contribution in [2.45, 2.75) is 40.2 Å². The molecule has 0 heterocycles. The van der Waals surface area contributed by atoms with Crippen molar-refractivity contribution in [2.24, 2.45) is 5.92 Å². The Labute approximate surface area is 197 Å². The van der Waals surface area contributed by atoms with Crippen molar-refractivity contribution in [3.05, 3.63) is 54.1 Å². The summed E-state index contributed by atoms with van der Waals surface area (Å²) in [5.74, 6) is 0.865. The van der Waals surface area contributed by atoms with Crippen LogP contribution in [0.4, 0.5) is 5.69 Å². The number of methoxy groups -OCH3 is 1. The summed E-state index contributed by atoms with van der Waals surface area (Å²) < 4.78 is 11.4. The molecule has 2 aromatic rings. The Morgan fingerprint density at radius 3 is 2.30 bits per heavy atom. The first-order chi connectivity index (χ1) is 15.9. The molecule has 0 aliphatic heterocycles. The minimum absolute atomic E-state index is 0.163. The highest BCUT2D eigenvalue weighted by molar-refractivity contribution is 5.98. The second-order valence-electron chi connectivity index (χ2n) is 8.24. The number of ether oxygens (including phenoxy) is 2. The number of rotatable bonds is 13. The van der Waals surface area contributed by atoms with E-state index in [4.69, 9.17) is 9.47 Å². The maximum absolute atomic E-state index is 13.2. The van der Waals surface area contributed by atoms with Gasteiger partial charge in [-0.1, -0.05) is 58.0 Å². The minimum Gasteiger partial charge on any atom is -0.493 e. The zero-order chi connectivity index (χ0) is 24.2. The molecule has 2 amide bonds. The highest BCUT2D eigenvalue weighted by atomic mass is 16.5. The van der Waals surface area contributed by atoms with Crippen LogP contribution in [0.1, 0.15) is 45.7 Å². The third-order valence-corrected chi connectivity index (χ3v) is 5.28. The fraction of sp³-hybridized carbons (Fsp3) is 0.462. The number of likely N-dealkylation sites (N-methyl/N-ethyl adjacent to an activating group) is 1. The van der Waals surface area contributed by atoms with Crippen LogP contribution in [0.3, 0.4) is 0 Å². The summed E-state index contributed by atoms with van der Waals surface area (Å²) in [4.78, 5) is 27.9. The average molecular weight is 456 g/mol. The van der Waals surface area contributed by atoms with Crippen LogP contribution >= 0.6 is 0 Å². The molecule has 0 fully saturated rings. The van der Waals surface area contributed by atoms with Gasteiger partial charge >= 0.3 is 0 Å². The van der Waals surface area contributed by atoms with Crippen LogP contribution in [0.15, 0.2) is 48.5 Å². The second-order valence-corrected chi connectivity index (χ2v) is 8.24. The van der Waals surface area contributed by atoms with Gasteiger partial charge in [0.25, 0.3) is 5.91 Å². The Morgan fingerprint density at radius 1 is 1.00 bits per heavy atom. The van der Waals surface area contributed by atoms with Crippen LogP contribution in [-0.2, 0) is 9.59 Å². The Morgan fingerprint density at radius 2 is 1.70 bits per heavy atom. The van der Waals surface area contributed by atoms with Gasteiger partial charge in [-0.2, -0.15) is 0 Å². The molecule has 7 heteroatoms. The number of carbonyl (C=O) groups is 2. The fourth-order valence-electron chi connectivity index (χ4n) is 3.44. The molecule has 2 rings (SSSR count). The van der Waals surface area contributed by atoms with Crippen molar-refractivity contribution < 1.29 is 19.1 Å². The van der Waals surface area contributed by atoms with Crippen LogP contribution < -0.4 is 20.1 Å². The summed E-state index contributed by atoms with van der Waals surface area (Å²) in [7, 11) is 1.58. The lowest BCUT2D eigenvalue weighted by atomic mass is 10.0. The van der Waals surface area contributed by atoms with Gasteiger partial charge in [-0.3, -0.25) is 9.59 Å². The van der Waals surface area contributed by atoms with Crippen molar-refractivity contribution in [3.8, 4) is 11.5 Å². The van der Waals surface area contributed by atoms with Gasteiger partial charge in [0.1, 0.15) is 12.6 Å². The highest BCUT2D eigenvalue weighted by Gasteiger charge is 2.23. The SMILES string of the molecule is CCN(CC)CCOc1cc(NC(=O)C(NC(=O)CC(C)C)c2ccccc2)ccc1OC. The van der Waals surface area contributed by atoms with Gasteiger partial charge in [0.05, 0.1) is 7.11 Å². The molecule has 2 N–H and O–H groups in total. The standard InChI is InChI=1S/C26H37N3O4/c1-6-29(7-2)15-16-33-23-18-21(13-14-22(23)32-5)27-26(31)25(20-11-9-8-10-12-20)28-24(30)17-19(3)4/h8-14,18-19,25H,6-7,15-17H2,1-5H3,(H,27,31)(H,28,30). The van der Waals surface area contributed by atoms with E-state index in [1.807, 2.05) is 44.2 Å². The molecule has 0 aliphatic rings. The van der Waals surface area contributed by atoms with Crippen LogP contribution in [0, 0.1) is 5.92 Å². The Kier molecular flexibility index (Phi) is 10.7. The van der Waals surface area contributed by atoms with E-state index in [0.29, 0.717) is 30.2 Å². The number of anilines is 1. The van der Waals surface area contributed by atoms with E-state index in [1.165, 1.54) is 0 Å². The molecule has 180 valence electrons. The normalized spacial score (nSPS) is 11.8. The van der Waals surface area contributed by atoms with Gasteiger partial charge in [0.15, 0.2) is 11.5 Å². The zero-order valence-electron chi connectivity index (χ0n) is 20.4. The molecule has 2 aromatic carbocycles. The van der Waals surface area contributed by atoms with Crippen molar-refractivity contribution in [1.82, 2.24) is 10.2 Å². The first-order valence-corrected chi connectivity index (χ1v) is 11.6. The average Bonchev–Trinajstić information content (AvgIpc) is 2.80. The predicted octanol–water partition coefficient (Wildman–Crippen LogP) is 4.26. The Hall–Kier alpha value is -3.06. The molecule has 0 radical (unpaired) electrons. The van der Waals surface area contributed by atoms with E-state index >= 15 is 0 Å². The van der Waals surface area contributed by atoms with Gasteiger partial charge in [0, 0.05) is 24.7 Å². The maximum Gasteiger partial charge on any atom is 0.251 e. The number of nitrogens with zero attached hydrogens (tertiary/aromatic N) is 1. The van der Waals surface area contributed by atoms with E-state index < -0.39 is 6.04 Å². The molecule has 0 aliphatic carbocycles. The van der Waals surface area contributed by atoms with Gasteiger partial charge < -0.3 is 25.0 Å². The summed E-state index contributed by atoms with van der Waals surface area (Å²) >= 11 is 0. The van der Waals surface area contributed by atoms with Gasteiger partial charge in [0.2, 0.25) is 5.91 Å². The third kappa shape index (κ3) is 8.42. The van der Waals surface area contributed by atoms with Crippen LogP contribution in [-0.4, -0.2) is 50.1 Å². The van der Waals surface area contributed by atoms with Gasteiger partial charge in [-0.05, 0) is 36.7 Å². The van der Waals surface area contributed by atoms with Crippen molar-refractivity contribution in [3.63, 3.8) is 0 Å². The van der Waals surface area contributed by atoms with Crippen LogP contribution in [0.25, 0.3) is 0 Å². The Bertz CT molecular complexity index is 882. The largest absolute Gasteiger partial charge is 0.493 e. The molecule has 0 saturated heterocycles. The lowest BCUT2D eigenvalue weighted by Crippen LogP contribution is -2.37. The smallest absolute Gasteiger partial charge is 0.251 e. The highest BCUT2D eigenvalue weighted by Crippen LogP contribution is 2.30. The molecular weight excluding hydrogens is 418 g/mol. The predicted molar refractivity (Wildman–Crippen MR) is 132 cm³/mol. The number of nitrogens with one attached hydrogen (secondary N) is 2. The molecular formula is C26H37N3O4. The van der Waals surface area contributed by atoms with Crippen LogP contribution in [0.5, 0.6) is 11.5 Å². The van der Waals surface area contributed by atoms with Crippen molar-refractivity contribution in [1.29, 1.82) is 0 Å². The van der Waals surface area contributed by atoms with Crippen molar-refractivity contribution in [2.75, 3.05) is 38.7 Å². The van der Waals surface area contributed by atoms with E-state index in [1.54, 1.807) is 25.3 Å². The summed E-state index contributed by atoms with van der Waals surface area (Å²) in [6, 6.07) is 13.7. The molecule has 0 spiro atoms. The number of amides is 2. The van der Waals surface area contributed by atoms with Crippen molar-refractivity contribution >= 4 is 17.5 Å². The van der Waals surface area contributed by atoms with Gasteiger partial charge in [-0.25, -0.2) is 0 Å². The number of benzene rings is 2. The molecule has 33 heavy (non-hydrogen) atoms. The van der Waals surface area contributed by atoms with E-state index in [2.05, 4.69) is 29.4 Å². The monoisotopic (exact) mass is 455 g/mol. The minimum atomic E-state index is -0.799. The third-order valence-electron chi connectivity index (χ3n) is 5.28. The zero-order valence-corrected chi connectivity index (χ0v) is 20.4. The van der Waals surface area contributed by atoms with Gasteiger partial charge in [-0.15, -0.1) is 0 Å². The summed E-state index contributed by atoms with van der Waals surface area (Å²) in [6.45, 7) is 11.4. The van der Waals surface area contributed by atoms with Crippen LogP contribution in [0.2, 0.25) is 0 Å². The molecule has 0 saturated carbocycles. The molecule has 1 unspecified atom stereocenters. The van der Waals surface area contributed by atoms with E-state index in [9.17, 15) is 9.59 Å². The maximum atomic E-state index is 13.2. The number of hydrogen-bond acceptors (Lipinski definition) is 5. The molecule has 0 aromatic heterocycles. The van der Waals surface area contributed by atoms with E-state index in [0.717, 1.165) is 25.2 Å². The Balaban J connectivity index is 2.16. The van der Waals surface area contributed by atoms with E-state index in [-0.39, 0.29) is 17.7 Å². The number of carbonyl (C=O) groups excluding carboxylic acids is 2. The molecule has 1 atom stereocenters. The molecule has 7 nitrogen and oxygen atoms in total. The summed E-state index contributed by atoms with van der Waals surface area (Å²) in [5, 5.41) is 5.78. The topological polar surface area (TPSA) is 79.9 Å². The lowest BCUT2D eigenvalue weighted by Gasteiger charge is -2.21. The summed E-state index contributed by atoms with van der Waals surface area (Å²) in [6.07, 6.45) is 0.351. The quantitative estimate of drug-likeness (QED) is 0.472. The first-order valence-electron chi connectivity index (χ1n) is 11.6. The second kappa shape index (κ2) is 13.5. The lowest BCUT2D eigenvalue weighted by molar-refractivity contribution is -0.127. The summed E-state index contributed by atoms with van der Waals surface area (Å²) in [5.41, 5.74) is 1.29. The first kappa shape index (κ1) is 26.2. The fourth-order valence-corrected chi connectivity index (χ4v) is 3.44.